The van der Waals surface area contributed by atoms with Crippen LogP contribution < -0.4 is 0 Å². The third-order valence-electron chi connectivity index (χ3n) is 2.91. The molecule has 0 radical (unpaired) electrons. The van der Waals surface area contributed by atoms with E-state index in [-0.39, 0.29) is 5.78 Å². The van der Waals surface area contributed by atoms with Crippen molar-refractivity contribution < 1.29 is 14.7 Å². The molecule has 0 heterocycles. The van der Waals surface area contributed by atoms with E-state index in [2.05, 4.69) is 13.8 Å². The molecule has 0 aromatic heterocycles. The first kappa shape index (κ1) is 14.4. The maximum atomic E-state index is 12.0. The normalized spacial score (nSPS) is 12.4. The van der Waals surface area contributed by atoms with Crippen molar-refractivity contribution in [2.45, 2.75) is 33.6 Å². The summed E-state index contributed by atoms with van der Waals surface area (Å²) in [5.74, 6) is -1.72. The van der Waals surface area contributed by atoms with Gasteiger partial charge in [0.1, 0.15) is 5.92 Å². The van der Waals surface area contributed by atoms with Crippen LogP contribution in [0.1, 0.15) is 43.1 Å². The summed E-state index contributed by atoms with van der Waals surface area (Å²) >= 11 is 0. The number of Topliss-reactive ketones (excluding diaryl/α,β-unsaturated/α-hetero) is 1. The number of carboxylic acids is 1. The Bertz CT molecular complexity index is 418. The quantitative estimate of drug-likeness (QED) is 0.621. The van der Waals surface area contributed by atoms with Gasteiger partial charge in [-0.05, 0) is 24.3 Å². The SMILES string of the molecule is CCC(C(=O)O)C(=O)c1ccc(CC(C)C)cc1. The molecular weight excluding hydrogens is 228 g/mol. The molecule has 0 fully saturated rings. The molecule has 1 aromatic rings. The van der Waals surface area contributed by atoms with E-state index in [0.29, 0.717) is 17.9 Å². The Labute approximate surface area is 108 Å². The highest BCUT2D eigenvalue weighted by Crippen LogP contribution is 2.15. The molecule has 0 saturated heterocycles. The van der Waals surface area contributed by atoms with Gasteiger partial charge in [-0.25, -0.2) is 0 Å². The topological polar surface area (TPSA) is 54.4 Å². The second-order valence-electron chi connectivity index (χ2n) is 4.96. The van der Waals surface area contributed by atoms with Gasteiger partial charge in [-0.15, -0.1) is 0 Å². The van der Waals surface area contributed by atoms with E-state index in [9.17, 15) is 9.59 Å². The van der Waals surface area contributed by atoms with Crippen LogP contribution in [0.5, 0.6) is 0 Å². The molecular formula is C15H20O3. The van der Waals surface area contributed by atoms with Gasteiger partial charge in [0, 0.05) is 5.56 Å². The van der Waals surface area contributed by atoms with Crippen molar-refractivity contribution in [2.75, 3.05) is 0 Å². The fourth-order valence-corrected chi connectivity index (χ4v) is 1.95. The Kier molecular flexibility index (Phi) is 5.08. The van der Waals surface area contributed by atoms with E-state index in [1.54, 1.807) is 19.1 Å². The van der Waals surface area contributed by atoms with Gasteiger partial charge in [0.2, 0.25) is 0 Å². The molecule has 0 spiro atoms. The van der Waals surface area contributed by atoms with E-state index < -0.39 is 11.9 Å². The van der Waals surface area contributed by atoms with Crippen molar-refractivity contribution >= 4 is 11.8 Å². The van der Waals surface area contributed by atoms with Crippen LogP contribution in [0.2, 0.25) is 0 Å². The van der Waals surface area contributed by atoms with E-state index in [1.807, 2.05) is 12.1 Å². The Morgan fingerprint density at radius 1 is 1.17 bits per heavy atom. The first-order valence-electron chi connectivity index (χ1n) is 6.31. The lowest BCUT2D eigenvalue weighted by Gasteiger charge is -2.10. The molecule has 1 rings (SSSR count). The average Bonchev–Trinajstić information content (AvgIpc) is 2.29. The van der Waals surface area contributed by atoms with Crippen molar-refractivity contribution in [3.8, 4) is 0 Å². The van der Waals surface area contributed by atoms with E-state index in [0.717, 1.165) is 6.42 Å². The van der Waals surface area contributed by atoms with Crippen molar-refractivity contribution in [3.63, 3.8) is 0 Å². The second kappa shape index (κ2) is 6.34. The second-order valence-corrected chi connectivity index (χ2v) is 4.96. The van der Waals surface area contributed by atoms with Gasteiger partial charge in [0.25, 0.3) is 0 Å². The van der Waals surface area contributed by atoms with Crippen LogP contribution >= 0.6 is 0 Å². The smallest absolute Gasteiger partial charge is 0.314 e. The monoisotopic (exact) mass is 248 g/mol. The van der Waals surface area contributed by atoms with Crippen LogP contribution in [-0.4, -0.2) is 16.9 Å². The minimum absolute atomic E-state index is 0.305. The van der Waals surface area contributed by atoms with E-state index >= 15 is 0 Å². The molecule has 1 atom stereocenters. The molecule has 0 aliphatic carbocycles. The minimum Gasteiger partial charge on any atom is -0.481 e. The van der Waals surface area contributed by atoms with Crippen LogP contribution in [0.4, 0.5) is 0 Å². The third kappa shape index (κ3) is 3.69. The number of carbonyl (C=O) groups is 2. The zero-order valence-corrected chi connectivity index (χ0v) is 11.1. The van der Waals surface area contributed by atoms with Gasteiger partial charge in [0.05, 0.1) is 0 Å². The predicted molar refractivity (Wildman–Crippen MR) is 70.7 cm³/mol. The zero-order valence-electron chi connectivity index (χ0n) is 11.1. The zero-order chi connectivity index (χ0) is 13.7. The van der Waals surface area contributed by atoms with Crippen molar-refractivity contribution in [1.82, 2.24) is 0 Å². The Hall–Kier alpha value is -1.64. The highest BCUT2D eigenvalue weighted by Gasteiger charge is 2.24. The van der Waals surface area contributed by atoms with Crippen molar-refractivity contribution in [1.29, 1.82) is 0 Å². The Morgan fingerprint density at radius 2 is 1.72 bits per heavy atom. The summed E-state index contributed by atoms with van der Waals surface area (Å²) in [4.78, 5) is 22.9. The lowest BCUT2D eigenvalue weighted by Crippen LogP contribution is -2.23. The number of hydrogen-bond acceptors (Lipinski definition) is 2. The molecule has 3 heteroatoms. The number of aliphatic carboxylic acids is 1. The molecule has 1 N–H and O–H groups in total. The van der Waals surface area contributed by atoms with Gasteiger partial charge >= 0.3 is 5.97 Å². The van der Waals surface area contributed by atoms with Crippen LogP contribution in [0.3, 0.4) is 0 Å². The maximum absolute atomic E-state index is 12.0. The summed E-state index contributed by atoms with van der Waals surface area (Å²) in [5, 5.41) is 8.96. The maximum Gasteiger partial charge on any atom is 0.314 e. The van der Waals surface area contributed by atoms with Crippen molar-refractivity contribution in [2.24, 2.45) is 11.8 Å². The van der Waals surface area contributed by atoms with Crippen LogP contribution in [0, 0.1) is 11.8 Å². The van der Waals surface area contributed by atoms with E-state index in [4.69, 9.17) is 5.11 Å². The fraction of sp³-hybridized carbons (Fsp3) is 0.467. The summed E-state index contributed by atoms with van der Waals surface area (Å²) in [6.07, 6.45) is 1.28. The molecule has 3 nitrogen and oxygen atoms in total. The molecule has 98 valence electrons. The van der Waals surface area contributed by atoms with Crippen molar-refractivity contribution in [3.05, 3.63) is 35.4 Å². The lowest BCUT2D eigenvalue weighted by molar-refractivity contribution is -0.140. The number of carbonyl (C=O) groups excluding carboxylic acids is 1. The largest absolute Gasteiger partial charge is 0.481 e. The Morgan fingerprint density at radius 3 is 2.11 bits per heavy atom. The molecule has 1 aromatic carbocycles. The molecule has 18 heavy (non-hydrogen) atoms. The first-order chi connectivity index (χ1) is 8.45. The first-order valence-corrected chi connectivity index (χ1v) is 6.31. The standard InChI is InChI=1S/C15H20O3/c1-4-13(15(17)18)14(16)12-7-5-11(6-8-12)9-10(2)3/h5-8,10,13H,4,9H2,1-3H3,(H,17,18). The molecule has 0 amide bonds. The van der Waals surface area contributed by atoms with E-state index in [1.165, 1.54) is 5.56 Å². The average molecular weight is 248 g/mol. The molecule has 0 aliphatic heterocycles. The van der Waals surface area contributed by atoms with Crippen LogP contribution in [0.15, 0.2) is 24.3 Å². The van der Waals surface area contributed by atoms with Gasteiger partial charge < -0.3 is 5.11 Å². The number of benzene rings is 1. The summed E-state index contributed by atoms with van der Waals surface area (Å²) < 4.78 is 0. The highest BCUT2D eigenvalue weighted by molar-refractivity contribution is 6.08. The molecule has 1 unspecified atom stereocenters. The predicted octanol–water partition coefficient (Wildman–Crippen LogP) is 3.18. The third-order valence-corrected chi connectivity index (χ3v) is 2.91. The summed E-state index contributed by atoms with van der Waals surface area (Å²) in [6, 6.07) is 7.26. The molecule has 0 aliphatic rings. The summed E-state index contributed by atoms with van der Waals surface area (Å²) in [7, 11) is 0. The lowest BCUT2D eigenvalue weighted by atomic mass is 9.94. The number of rotatable bonds is 6. The summed E-state index contributed by atoms with van der Waals surface area (Å²) in [5.41, 5.74) is 1.65. The minimum atomic E-state index is -1.05. The fourth-order valence-electron chi connectivity index (χ4n) is 1.95. The highest BCUT2D eigenvalue weighted by atomic mass is 16.4. The molecule has 0 bridgehead atoms. The number of ketones is 1. The van der Waals surface area contributed by atoms with Crippen LogP contribution in [-0.2, 0) is 11.2 Å². The van der Waals surface area contributed by atoms with Gasteiger partial charge in [-0.1, -0.05) is 45.0 Å². The van der Waals surface area contributed by atoms with Gasteiger partial charge in [-0.3, -0.25) is 9.59 Å². The number of hydrogen-bond donors (Lipinski definition) is 1. The van der Waals surface area contributed by atoms with Gasteiger partial charge in [-0.2, -0.15) is 0 Å². The Balaban J connectivity index is 2.84. The molecule has 0 saturated carbocycles. The van der Waals surface area contributed by atoms with Crippen LogP contribution in [0.25, 0.3) is 0 Å². The van der Waals surface area contributed by atoms with Gasteiger partial charge in [0.15, 0.2) is 5.78 Å². The number of carboxylic acid groups (broad SMARTS) is 1. The summed E-state index contributed by atoms with van der Waals surface area (Å²) in [6.45, 7) is 5.98.